The van der Waals surface area contributed by atoms with Crippen LogP contribution in [0, 0.1) is 0 Å². The van der Waals surface area contributed by atoms with E-state index < -0.39 is 21.8 Å². The van der Waals surface area contributed by atoms with Crippen molar-refractivity contribution < 1.29 is 22.7 Å². The highest BCUT2D eigenvalue weighted by molar-refractivity contribution is 9.10. The molecule has 0 aliphatic carbocycles. The second-order valence-corrected chi connectivity index (χ2v) is 5.55. The number of sulfonamides is 1. The molecule has 0 amide bonds. The Morgan fingerprint density at radius 1 is 1.59 bits per heavy atom. The van der Waals surface area contributed by atoms with Gasteiger partial charge >= 0.3 is 5.97 Å². The van der Waals surface area contributed by atoms with Crippen molar-refractivity contribution in [2.75, 3.05) is 13.1 Å². The Bertz CT molecular complexity index is 510. The van der Waals surface area contributed by atoms with Crippen molar-refractivity contribution in [1.29, 1.82) is 0 Å². The van der Waals surface area contributed by atoms with Gasteiger partial charge in [0.05, 0.1) is 0 Å². The van der Waals surface area contributed by atoms with Crippen LogP contribution in [-0.4, -0.2) is 32.6 Å². The quantitative estimate of drug-likeness (QED) is 0.649. The minimum absolute atomic E-state index is 0.143. The SMILES string of the molecule is NCCCNS(=O)(=O)c1cc(C(=O)O)oc1Br. The zero-order valence-electron chi connectivity index (χ0n) is 8.64. The second kappa shape index (κ2) is 5.63. The molecule has 0 saturated heterocycles. The van der Waals surface area contributed by atoms with E-state index in [9.17, 15) is 13.2 Å². The zero-order valence-corrected chi connectivity index (χ0v) is 11.0. The molecule has 0 saturated carbocycles. The third kappa shape index (κ3) is 3.53. The van der Waals surface area contributed by atoms with Crippen LogP contribution in [0.3, 0.4) is 0 Å². The Hall–Kier alpha value is -0.900. The summed E-state index contributed by atoms with van der Waals surface area (Å²) in [6.45, 7) is 0.536. The Morgan fingerprint density at radius 2 is 2.24 bits per heavy atom. The number of hydrogen-bond acceptors (Lipinski definition) is 5. The van der Waals surface area contributed by atoms with Gasteiger partial charge in [0.1, 0.15) is 4.90 Å². The highest BCUT2D eigenvalue weighted by Crippen LogP contribution is 2.25. The summed E-state index contributed by atoms with van der Waals surface area (Å²) >= 11 is 2.86. The second-order valence-electron chi connectivity index (χ2n) is 3.09. The van der Waals surface area contributed by atoms with Gasteiger partial charge in [-0.3, -0.25) is 0 Å². The molecule has 4 N–H and O–H groups in total. The largest absolute Gasteiger partial charge is 0.475 e. The van der Waals surface area contributed by atoms with Crippen molar-refractivity contribution in [2.45, 2.75) is 11.3 Å². The van der Waals surface area contributed by atoms with E-state index in [-0.39, 0.29) is 16.1 Å². The molecule has 0 spiro atoms. The standard InChI is InChI=1S/C8H11BrN2O5S/c9-7-6(4-5(16-7)8(12)13)17(14,15)11-3-1-2-10/h4,11H,1-3,10H2,(H,12,13). The first-order chi connectivity index (χ1) is 7.88. The van der Waals surface area contributed by atoms with Crippen LogP contribution in [0.15, 0.2) is 20.0 Å². The smallest absolute Gasteiger partial charge is 0.371 e. The molecule has 0 aliphatic heterocycles. The fraction of sp³-hybridized carbons (Fsp3) is 0.375. The van der Waals surface area contributed by atoms with Crippen molar-refractivity contribution in [3.8, 4) is 0 Å². The van der Waals surface area contributed by atoms with E-state index in [4.69, 9.17) is 15.3 Å². The number of aromatic carboxylic acids is 1. The Morgan fingerprint density at radius 3 is 2.71 bits per heavy atom. The molecule has 17 heavy (non-hydrogen) atoms. The van der Waals surface area contributed by atoms with Gasteiger partial charge < -0.3 is 15.3 Å². The van der Waals surface area contributed by atoms with Gasteiger partial charge in [-0.2, -0.15) is 0 Å². The molecule has 1 aromatic rings. The van der Waals surface area contributed by atoms with Crippen LogP contribution >= 0.6 is 15.9 Å². The lowest BCUT2D eigenvalue weighted by atomic mass is 10.4. The molecule has 0 aliphatic rings. The number of carboxylic acids is 1. The van der Waals surface area contributed by atoms with Gasteiger partial charge in [-0.25, -0.2) is 17.9 Å². The van der Waals surface area contributed by atoms with Gasteiger partial charge in [0, 0.05) is 12.6 Å². The summed E-state index contributed by atoms with van der Waals surface area (Å²) < 4.78 is 30.3. The fourth-order valence-electron chi connectivity index (χ4n) is 1.03. The van der Waals surface area contributed by atoms with Gasteiger partial charge in [-0.05, 0) is 28.9 Å². The zero-order chi connectivity index (χ0) is 13.1. The van der Waals surface area contributed by atoms with Crippen LogP contribution in [-0.2, 0) is 10.0 Å². The number of rotatable bonds is 6. The van der Waals surface area contributed by atoms with Gasteiger partial charge in [0.2, 0.25) is 15.8 Å². The number of halogens is 1. The Balaban J connectivity index is 2.95. The van der Waals surface area contributed by atoms with Crippen LogP contribution in [0.2, 0.25) is 0 Å². The first-order valence-electron chi connectivity index (χ1n) is 4.61. The number of nitrogens with one attached hydrogen (secondary N) is 1. The predicted octanol–water partition coefficient (Wildman–Crippen LogP) is 0.367. The summed E-state index contributed by atoms with van der Waals surface area (Å²) in [5.74, 6) is -1.79. The summed E-state index contributed by atoms with van der Waals surface area (Å²) in [4.78, 5) is 10.4. The summed E-state index contributed by atoms with van der Waals surface area (Å²) in [7, 11) is -3.79. The maximum atomic E-state index is 11.7. The molecule has 0 fully saturated rings. The monoisotopic (exact) mass is 326 g/mol. The van der Waals surface area contributed by atoms with Crippen LogP contribution < -0.4 is 10.5 Å². The predicted molar refractivity (Wildman–Crippen MR) is 62.2 cm³/mol. The third-order valence-electron chi connectivity index (χ3n) is 1.83. The van der Waals surface area contributed by atoms with Crippen molar-refractivity contribution in [3.05, 3.63) is 16.5 Å². The summed E-state index contributed by atoms with van der Waals surface area (Å²) in [5, 5.41) is 8.66. The fourth-order valence-corrected chi connectivity index (χ4v) is 3.04. The van der Waals surface area contributed by atoms with Gasteiger partial charge in [0.25, 0.3) is 0 Å². The third-order valence-corrected chi connectivity index (χ3v) is 4.15. The van der Waals surface area contributed by atoms with Gasteiger partial charge in [-0.1, -0.05) is 0 Å². The van der Waals surface area contributed by atoms with Gasteiger partial charge in [0.15, 0.2) is 4.67 Å². The number of carboxylic acid groups (broad SMARTS) is 1. The molecule has 0 aromatic carbocycles. The topological polar surface area (TPSA) is 123 Å². The lowest BCUT2D eigenvalue weighted by molar-refractivity contribution is 0.0661. The van der Waals surface area contributed by atoms with E-state index in [1.54, 1.807) is 0 Å². The Kier molecular flexibility index (Phi) is 4.69. The van der Waals surface area contributed by atoms with Crippen molar-refractivity contribution in [2.24, 2.45) is 5.73 Å². The molecule has 9 heteroatoms. The van der Waals surface area contributed by atoms with Crippen molar-refractivity contribution in [1.82, 2.24) is 4.72 Å². The maximum absolute atomic E-state index is 11.7. The van der Waals surface area contributed by atoms with E-state index in [0.29, 0.717) is 13.0 Å². The van der Waals surface area contributed by atoms with Crippen LogP contribution in [0.5, 0.6) is 0 Å². The highest BCUT2D eigenvalue weighted by Gasteiger charge is 2.24. The average molecular weight is 327 g/mol. The van der Waals surface area contributed by atoms with E-state index in [2.05, 4.69) is 20.7 Å². The van der Waals surface area contributed by atoms with E-state index in [0.717, 1.165) is 6.07 Å². The summed E-state index contributed by atoms with van der Waals surface area (Å²) in [5.41, 5.74) is 5.23. The first-order valence-corrected chi connectivity index (χ1v) is 6.88. The normalized spacial score (nSPS) is 11.6. The first kappa shape index (κ1) is 14.2. The molecule has 96 valence electrons. The number of nitrogens with two attached hydrogens (primary N) is 1. The number of carbonyl (C=O) groups is 1. The van der Waals surface area contributed by atoms with E-state index >= 15 is 0 Å². The minimum atomic E-state index is -3.79. The highest BCUT2D eigenvalue weighted by atomic mass is 79.9. The van der Waals surface area contributed by atoms with E-state index in [1.165, 1.54) is 0 Å². The maximum Gasteiger partial charge on any atom is 0.371 e. The van der Waals surface area contributed by atoms with Crippen molar-refractivity contribution in [3.63, 3.8) is 0 Å². The molecular weight excluding hydrogens is 316 g/mol. The summed E-state index contributed by atoms with van der Waals surface area (Å²) in [6.07, 6.45) is 0.487. The molecular formula is C8H11BrN2O5S. The lowest BCUT2D eigenvalue weighted by Crippen LogP contribution is -2.26. The molecule has 1 heterocycles. The van der Waals surface area contributed by atoms with Crippen LogP contribution in [0.25, 0.3) is 0 Å². The average Bonchev–Trinajstić information content (AvgIpc) is 2.61. The van der Waals surface area contributed by atoms with Crippen LogP contribution in [0.1, 0.15) is 17.0 Å². The minimum Gasteiger partial charge on any atom is -0.475 e. The molecule has 0 unspecified atom stereocenters. The molecule has 7 nitrogen and oxygen atoms in total. The Labute approximate surface area is 106 Å². The molecule has 0 atom stereocenters. The van der Waals surface area contributed by atoms with Gasteiger partial charge in [-0.15, -0.1) is 0 Å². The molecule has 1 aromatic heterocycles. The molecule has 1 rings (SSSR count). The number of furan rings is 1. The van der Waals surface area contributed by atoms with E-state index in [1.807, 2.05) is 0 Å². The van der Waals surface area contributed by atoms with Crippen molar-refractivity contribution >= 4 is 31.9 Å². The summed E-state index contributed by atoms with van der Waals surface area (Å²) in [6, 6.07) is 0.942. The lowest BCUT2D eigenvalue weighted by Gasteiger charge is -2.03. The molecule has 0 bridgehead atoms. The number of hydrogen-bond donors (Lipinski definition) is 3. The molecule has 0 radical (unpaired) electrons. The van der Waals surface area contributed by atoms with Crippen LogP contribution in [0.4, 0.5) is 0 Å².